The molecule has 2 amide bonds. The third kappa shape index (κ3) is 8.60. The number of carbonyl (C=O) groups is 3. The molecule has 3 aliphatic rings. The molecule has 0 bridgehead atoms. The first-order valence-electron chi connectivity index (χ1n) is 19.0. The minimum absolute atomic E-state index is 0.0198. The van der Waals surface area contributed by atoms with Crippen molar-refractivity contribution in [2.24, 2.45) is 34.5 Å². The zero-order valence-electron chi connectivity index (χ0n) is 32.8. The van der Waals surface area contributed by atoms with Gasteiger partial charge in [-0.1, -0.05) is 62.3 Å². The average Bonchev–Trinajstić information content (AvgIpc) is 3.61. The molecule has 2 aromatic heterocycles. The van der Waals surface area contributed by atoms with Crippen LogP contribution in [0.1, 0.15) is 123 Å². The first-order chi connectivity index (χ1) is 24.4. The molecule has 0 radical (unpaired) electrons. The van der Waals surface area contributed by atoms with Gasteiger partial charge in [0.2, 0.25) is 11.8 Å². The van der Waals surface area contributed by atoms with Gasteiger partial charge in [-0.25, -0.2) is 23.9 Å². The molecule has 52 heavy (non-hydrogen) atoms. The molecule has 0 spiro atoms. The molecule has 5 unspecified atom stereocenters. The van der Waals surface area contributed by atoms with Gasteiger partial charge in [0.1, 0.15) is 17.5 Å². The quantitative estimate of drug-likeness (QED) is 0.216. The molecule has 2 N–H and O–H groups in total. The molecule has 288 valence electrons. The van der Waals surface area contributed by atoms with Gasteiger partial charge < -0.3 is 29.2 Å². The lowest BCUT2D eigenvalue weighted by Crippen LogP contribution is -2.49. The summed E-state index contributed by atoms with van der Waals surface area (Å²) in [5.41, 5.74) is -0.241. The highest BCUT2D eigenvalue weighted by Crippen LogP contribution is 2.50. The molecule has 1 saturated heterocycles. The Labute approximate surface area is 308 Å². The smallest absolute Gasteiger partial charge is 0.415 e. The monoisotopic (exact) mass is 724 g/mol. The molecule has 5 rings (SSSR count). The number of ether oxygens (including phenoxy) is 4. The van der Waals surface area contributed by atoms with E-state index in [0.29, 0.717) is 63.7 Å². The van der Waals surface area contributed by atoms with Crippen LogP contribution in [-0.4, -0.2) is 89.1 Å². The Morgan fingerprint density at radius 1 is 1.04 bits per heavy atom. The maximum atomic E-state index is 14.6. The number of nitrogens with zero attached hydrogens (tertiary/aromatic N) is 4. The molecule has 13 heteroatoms. The van der Waals surface area contributed by atoms with E-state index in [0.717, 1.165) is 12.8 Å². The number of amides is 2. The van der Waals surface area contributed by atoms with Crippen LogP contribution in [0.5, 0.6) is 5.88 Å². The number of H-pyrrole nitrogens is 1. The predicted molar refractivity (Wildman–Crippen MR) is 196 cm³/mol. The molecule has 2 aliphatic carbocycles. The maximum Gasteiger partial charge on any atom is 0.415 e. The topological polar surface area (TPSA) is 141 Å². The molecule has 13 nitrogen and oxygen atoms in total. The van der Waals surface area contributed by atoms with Crippen molar-refractivity contribution >= 4 is 29.3 Å². The summed E-state index contributed by atoms with van der Waals surface area (Å²) in [7, 11) is 1.66. The summed E-state index contributed by atoms with van der Waals surface area (Å²) in [6, 6.07) is -0.237. The highest BCUT2D eigenvalue weighted by atomic mass is 16.6. The van der Waals surface area contributed by atoms with Crippen LogP contribution < -0.4 is 10.1 Å². The van der Waals surface area contributed by atoms with Crippen LogP contribution >= 0.6 is 0 Å². The van der Waals surface area contributed by atoms with Gasteiger partial charge in [0.05, 0.1) is 31.9 Å². The number of esters is 1. The van der Waals surface area contributed by atoms with E-state index in [4.69, 9.17) is 30.5 Å². The molecule has 3 fully saturated rings. The van der Waals surface area contributed by atoms with Crippen LogP contribution in [0.2, 0.25) is 0 Å². The largest absolute Gasteiger partial charge is 0.459 e. The molecule has 5 atom stereocenters. The molecule has 2 saturated carbocycles. The van der Waals surface area contributed by atoms with E-state index in [-0.39, 0.29) is 75.3 Å². The number of aromatic nitrogens is 3. The SMILES string of the molecule is [C-]#[N+]c1c(C(=O)OC2C(C(C)(C)C)CC(C)CC2C(C)(C)C)c2nc(C3CCC(OC)C(NC(=O)CC(C)C)C3)[nH]n2c1OC(=O)N1CCOCC1. The first kappa shape index (κ1) is 39.6. The molecule has 3 heterocycles. The van der Waals surface area contributed by atoms with Gasteiger partial charge in [0.15, 0.2) is 5.65 Å². The third-order valence-corrected chi connectivity index (χ3v) is 11.3. The lowest BCUT2D eigenvalue weighted by molar-refractivity contribution is -0.124. The van der Waals surface area contributed by atoms with Crippen molar-refractivity contribution in [3.8, 4) is 5.88 Å². The van der Waals surface area contributed by atoms with Gasteiger partial charge in [-0.15, -0.1) is 0 Å². The van der Waals surface area contributed by atoms with Crippen LogP contribution in [-0.2, 0) is 19.0 Å². The van der Waals surface area contributed by atoms with Crippen LogP contribution in [0.25, 0.3) is 10.5 Å². The van der Waals surface area contributed by atoms with Crippen LogP contribution in [0.15, 0.2) is 0 Å². The van der Waals surface area contributed by atoms with Gasteiger partial charge >= 0.3 is 12.1 Å². The second kappa shape index (κ2) is 15.8. The van der Waals surface area contributed by atoms with E-state index in [1.807, 2.05) is 13.8 Å². The highest BCUT2D eigenvalue weighted by molar-refractivity contribution is 6.05. The number of hydrogen-bond donors (Lipinski definition) is 2. The van der Waals surface area contributed by atoms with E-state index in [2.05, 4.69) is 63.7 Å². The third-order valence-electron chi connectivity index (χ3n) is 11.3. The van der Waals surface area contributed by atoms with Crippen molar-refractivity contribution in [3.05, 3.63) is 22.8 Å². The maximum absolute atomic E-state index is 14.6. The lowest BCUT2D eigenvalue weighted by atomic mass is 9.59. The fraction of sp³-hybridized carbons (Fsp3) is 0.769. The van der Waals surface area contributed by atoms with Gasteiger partial charge in [-0.2, -0.15) is 0 Å². The van der Waals surface area contributed by atoms with Crippen molar-refractivity contribution in [3.63, 3.8) is 0 Å². The Bertz CT molecular complexity index is 1610. The zero-order valence-corrected chi connectivity index (χ0v) is 32.8. The predicted octanol–water partition coefficient (Wildman–Crippen LogP) is 7.14. The summed E-state index contributed by atoms with van der Waals surface area (Å²) in [4.78, 5) is 51.1. The standard InChI is InChI=1S/C39H60N6O7/c1-22(2)18-29(46)41-27-21-24(12-13-28(27)49-11)33-42-34-30(31(40-10)35(45(34)43-33)52-37(48)44-14-16-50-17-15-44)36(47)51-32-25(38(4,5)6)19-23(3)20-26(32)39(7,8)9/h22-28,32H,12-21H2,1-9,11H3,(H,41,46)(H,42,43). The van der Waals surface area contributed by atoms with Crippen molar-refractivity contribution in [2.75, 3.05) is 33.4 Å². The van der Waals surface area contributed by atoms with Gasteiger partial charge in [-0.3, -0.25) is 9.89 Å². The molecular weight excluding hydrogens is 664 g/mol. The van der Waals surface area contributed by atoms with Crippen molar-refractivity contribution in [1.82, 2.24) is 24.8 Å². The van der Waals surface area contributed by atoms with Gasteiger partial charge in [0.25, 0.3) is 5.69 Å². The Hall–Kier alpha value is -3.63. The van der Waals surface area contributed by atoms with Crippen LogP contribution in [0.3, 0.4) is 0 Å². The fourth-order valence-electron chi connectivity index (χ4n) is 8.46. The summed E-state index contributed by atoms with van der Waals surface area (Å²) in [5.74, 6) is 0.515. The second-order valence-electron chi connectivity index (χ2n) is 17.8. The summed E-state index contributed by atoms with van der Waals surface area (Å²) in [5, 5.41) is 6.46. The molecule has 0 aromatic carbocycles. The van der Waals surface area contributed by atoms with E-state index < -0.39 is 18.2 Å². The zero-order chi connectivity index (χ0) is 38.1. The lowest BCUT2D eigenvalue weighted by Gasteiger charge is -2.50. The van der Waals surface area contributed by atoms with E-state index in [9.17, 15) is 14.4 Å². The van der Waals surface area contributed by atoms with E-state index in [1.165, 1.54) is 9.42 Å². The minimum Gasteiger partial charge on any atom is -0.459 e. The number of nitrogens with one attached hydrogen (secondary N) is 2. The number of carbonyl (C=O) groups excluding carboxylic acids is 3. The highest BCUT2D eigenvalue weighted by Gasteiger charge is 2.49. The first-order valence-corrected chi connectivity index (χ1v) is 19.0. The van der Waals surface area contributed by atoms with Crippen molar-refractivity contribution in [2.45, 2.75) is 125 Å². The van der Waals surface area contributed by atoms with Gasteiger partial charge in [-0.05, 0) is 54.8 Å². The normalized spacial score (nSPS) is 27.3. The summed E-state index contributed by atoms with van der Waals surface area (Å²) in [6.45, 7) is 29.1. The minimum atomic E-state index is -0.653. The second-order valence-corrected chi connectivity index (χ2v) is 17.8. The van der Waals surface area contributed by atoms with E-state index in [1.54, 1.807) is 7.11 Å². The van der Waals surface area contributed by atoms with Crippen LogP contribution in [0, 0.1) is 41.1 Å². The molecule has 1 aliphatic heterocycles. The average molecular weight is 725 g/mol. The summed E-state index contributed by atoms with van der Waals surface area (Å²) < 4.78 is 25.2. The number of aromatic amines is 1. The Balaban J connectivity index is 1.56. The molecular formula is C39H60N6O7. The number of methoxy groups -OCH3 is 1. The molecule has 2 aromatic rings. The van der Waals surface area contributed by atoms with Crippen molar-refractivity contribution in [1.29, 1.82) is 0 Å². The van der Waals surface area contributed by atoms with E-state index >= 15 is 0 Å². The Morgan fingerprint density at radius 3 is 2.23 bits per heavy atom. The number of fused-ring (bicyclic) bond motifs is 1. The van der Waals surface area contributed by atoms with Gasteiger partial charge in [0, 0.05) is 44.4 Å². The number of rotatable bonds is 8. The number of hydrogen-bond acceptors (Lipinski definition) is 8. The van der Waals surface area contributed by atoms with Crippen LogP contribution in [0.4, 0.5) is 10.5 Å². The van der Waals surface area contributed by atoms with Crippen molar-refractivity contribution < 1.29 is 33.3 Å². The summed E-state index contributed by atoms with van der Waals surface area (Å²) in [6.07, 6.45) is 3.02. The Kier molecular flexibility index (Phi) is 12.0. The summed E-state index contributed by atoms with van der Waals surface area (Å²) >= 11 is 0. The Morgan fingerprint density at radius 2 is 1.67 bits per heavy atom. The number of morpholine rings is 1. The fourth-order valence-corrected chi connectivity index (χ4v) is 8.46.